The first-order valence-electron chi connectivity index (χ1n) is 43.8. The number of imide groups is 2. The van der Waals surface area contributed by atoms with Gasteiger partial charge in [0.15, 0.2) is 0 Å². The number of hydrogen-bond acceptors (Lipinski definition) is 20. The summed E-state index contributed by atoms with van der Waals surface area (Å²) in [5.74, 6) is -6.86. The van der Waals surface area contributed by atoms with Crippen molar-refractivity contribution >= 4 is 131 Å². The molecule has 123 heavy (non-hydrogen) atoms. The van der Waals surface area contributed by atoms with Gasteiger partial charge >= 0.3 is 6.03 Å². The number of fused-ring (bicyclic) bond motifs is 6. The number of carbonyl (C=O) groups is 13. The fraction of sp³-hybridized carbons (Fsp3) is 0.791. The highest BCUT2D eigenvalue weighted by atomic mass is 35.5. The number of likely N-dealkylation sites (tertiary alicyclic amines) is 2. The Morgan fingerprint density at radius 2 is 0.919 bits per heavy atom. The molecule has 12 atom stereocenters. The van der Waals surface area contributed by atoms with E-state index in [1.807, 2.05) is 83.1 Å². The van der Waals surface area contributed by atoms with Crippen LogP contribution in [0.15, 0.2) is 30.3 Å². The number of sulfonamides is 2. The summed E-state index contributed by atoms with van der Waals surface area (Å²) in [5.41, 5.74) is 4.17. The molecule has 0 radical (unpaired) electrons. The second kappa shape index (κ2) is 43.2. The van der Waals surface area contributed by atoms with E-state index in [1.165, 1.54) is 46.4 Å². The molecule has 2 saturated carbocycles. The van der Waals surface area contributed by atoms with Crippen molar-refractivity contribution in [2.24, 2.45) is 66.9 Å². The van der Waals surface area contributed by atoms with Gasteiger partial charge in [0.2, 0.25) is 85.0 Å². The summed E-state index contributed by atoms with van der Waals surface area (Å²) in [5, 5.41) is 16.3. The van der Waals surface area contributed by atoms with E-state index in [4.69, 9.17) is 5.73 Å². The molecule has 0 unspecified atom stereocenters. The van der Waals surface area contributed by atoms with Crippen LogP contribution in [0.5, 0.6) is 0 Å². The highest BCUT2D eigenvalue weighted by Crippen LogP contribution is 2.66. The number of piperidine rings is 4. The van der Waals surface area contributed by atoms with E-state index in [2.05, 4.69) is 103 Å². The zero-order valence-corrected chi connectivity index (χ0v) is 81.4. The molecule has 37 heteroatoms. The number of nitrogens with one attached hydrogen (secondary N) is 6. The maximum atomic E-state index is 15.0. The van der Waals surface area contributed by atoms with Crippen LogP contribution in [-0.2, 0) is 82.4 Å². The van der Waals surface area contributed by atoms with E-state index in [0.717, 1.165) is 19.3 Å². The number of urea groups is 1. The first kappa shape index (κ1) is 107. The highest BCUT2D eigenvalue weighted by molar-refractivity contribution is 7.89. The van der Waals surface area contributed by atoms with Crippen LogP contribution in [0.2, 0.25) is 51.4 Å². The van der Waals surface area contributed by atoms with Gasteiger partial charge in [0, 0.05) is 101 Å². The Morgan fingerprint density at radius 3 is 1.28 bits per heavy atom. The average molecular weight is 1820 g/mol. The molecular formula is C86H147ClN14O18S2Si2. The first-order chi connectivity index (χ1) is 56.2. The molecule has 8 fully saturated rings. The lowest BCUT2D eigenvalue weighted by Crippen LogP contribution is -2.63. The molecular weight excluding hydrogens is 1670 g/mol. The monoisotopic (exact) mass is 1820 g/mol. The van der Waals surface area contributed by atoms with Gasteiger partial charge in [0.25, 0.3) is 11.8 Å². The number of nitrogens with two attached hydrogens (primary N) is 1. The van der Waals surface area contributed by atoms with Gasteiger partial charge in [-0.3, -0.25) is 67.3 Å². The van der Waals surface area contributed by atoms with E-state index in [-0.39, 0.29) is 171 Å². The number of carbonyl (C=O) groups excluding carboxylic acids is 14. The van der Waals surface area contributed by atoms with Crippen molar-refractivity contribution in [1.29, 1.82) is 0 Å². The molecule has 0 aromatic carbocycles. The predicted molar refractivity (Wildman–Crippen MR) is 480 cm³/mol. The molecule has 6 aliphatic heterocycles. The Bertz CT molecular complexity index is 4130. The van der Waals surface area contributed by atoms with Gasteiger partial charge in [-0.25, -0.2) is 31.4 Å². The number of halogens is 1. The van der Waals surface area contributed by atoms with Crippen molar-refractivity contribution in [2.75, 3.05) is 77.0 Å². The Kier molecular flexibility index (Phi) is 37.5. The zero-order chi connectivity index (χ0) is 92.2. The normalized spacial score (nSPS) is 26.9. The van der Waals surface area contributed by atoms with Crippen LogP contribution < -0.4 is 37.6 Å². The lowest BCUT2D eigenvalue weighted by Gasteiger charge is -2.40. The first-order valence-corrected chi connectivity index (χ1v) is 54.4. The summed E-state index contributed by atoms with van der Waals surface area (Å²) < 4.78 is 57.9. The molecule has 8 rings (SSSR count). The number of amides is 12. The maximum absolute atomic E-state index is 15.0. The SMILES string of the molecule is C=CCNC(=O)C(=O)[C@@H]1CCCCCCCN(S(=O)(=O)CC[Si](C)(C)C)C[C@H](N)C(=O)N2C[C@H]3[C@@H]([C@H]2C(=O)N1)C3(C)C.C=CCNC(=O)C(=O)[C@@H]1CCCCCCCN(S(=O)(=O)CC[Si](C)(C)C)C[C@H](NC(=O)N[C@H](CN2C(=O)CC(C)(C)CC2=O)C(C)(C)C)C(=O)N2C[C@H]3[C@@H]([C@H]2C(=O)N1)C3(C)C.CC1(C)CC(=O)N(C[C@@H](N=C=O)C(C)(C)C)C(=O)C1.Cl. The maximum Gasteiger partial charge on any atom is 0.315 e. The highest BCUT2D eigenvalue weighted by Gasteiger charge is 2.71. The fourth-order valence-electron chi connectivity index (χ4n) is 17.4. The minimum Gasteiger partial charge on any atom is -0.346 e. The van der Waals surface area contributed by atoms with Crippen molar-refractivity contribution in [3.63, 3.8) is 0 Å². The van der Waals surface area contributed by atoms with Gasteiger partial charge in [-0.15, -0.1) is 25.6 Å². The summed E-state index contributed by atoms with van der Waals surface area (Å²) in [6.07, 6.45) is 12.6. The summed E-state index contributed by atoms with van der Waals surface area (Å²) >= 11 is 0. The van der Waals surface area contributed by atoms with Crippen LogP contribution in [0.1, 0.15) is 200 Å². The van der Waals surface area contributed by atoms with E-state index < -0.39 is 148 Å². The Morgan fingerprint density at radius 1 is 0.553 bits per heavy atom. The summed E-state index contributed by atoms with van der Waals surface area (Å²) in [4.78, 5) is 193. The molecule has 696 valence electrons. The van der Waals surface area contributed by atoms with Crippen LogP contribution in [0.25, 0.3) is 0 Å². The largest absolute Gasteiger partial charge is 0.346 e. The third-order valence-electron chi connectivity index (χ3n) is 25.6. The van der Waals surface area contributed by atoms with Gasteiger partial charge in [0.05, 0.1) is 48.3 Å². The van der Waals surface area contributed by atoms with Gasteiger partial charge in [-0.1, -0.05) is 200 Å². The summed E-state index contributed by atoms with van der Waals surface area (Å²) in [6, 6.07) is -7.46. The van der Waals surface area contributed by atoms with Gasteiger partial charge in [-0.2, -0.15) is 8.61 Å². The second-order valence-electron chi connectivity index (χ2n) is 42.3. The molecule has 0 aromatic heterocycles. The number of ketones is 2. The van der Waals surface area contributed by atoms with E-state index in [1.54, 1.807) is 0 Å². The van der Waals surface area contributed by atoms with Crippen molar-refractivity contribution in [3.8, 4) is 0 Å². The topological polar surface area (TPSA) is 437 Å². The van der Waals surface area contributed by atoms with Gasteiger partial charge in [0.1, 0.15) is 18.1 Å². The molecule has 32 nitrogen and oxygen atoms in total. The van der Waals surface area contributed by atoms with Crippen LogP contribution >= 0.6 is 12.4 Å². The molecule has 8 aliphatic rings. The molecule has 6 saturated heterocycles. The molecule has 12 amide bonds. The van der Waals surface area contributed by atoms with Crippen molar-refractivity contribution < 1.29 is 84.0 Å². The number of Topliss-reactive ketones (excluding diaryl/α,β-unsaturated/α-hetero) is 2. The van der Waals surface area contributed by atoms with E-state index >= 15 is 4.79 Å². The van der Waals surface area contributed by atoms with Gasteiger partial charge < -0.3 is 47.4 Å². The quantitative estimate of drug-likeness (QED) is 0.0132. The molecule has 2 aliphatic carbocycles. The second-order valence-corrected chi connectivity index (χ2v) is 57.8. The predicted octanol–water partition coefficient (Wildman–Crippen LogP) is 7.22. The van der Waals surface area contributed by atoms with E-state index in [0.29, 0.717) is 82.8 Å². The standard InChI is InChI=1S/C43H73N7O9SSi.C29H51N5O6SSi.C14H22N2O3.ClH/c1-12-19-44-38(55)36(53)29-18-16-14-13-15-17-20-48(60(58,59)21-22-61(9,10)11)26-30(39(56)50-25-28-34(43(28,7)8)35(50)37(54)45-29)46-40(57)47-31(41(2,3)4)27-49-32(51)23-42(5,6)24-33(49)52;1-7-14-31-27(37)25(35)22-13-11-9-8-10-12-15-33(41(39,40)16-17-42(4,5)6)19-21(30)28(38)34-18-20-23(29(20,2)3)24(34)26(36)32-22;1-13(2,3)10(15-9-17)8-16-11(18)6-14(4,5)7-12(16)19;/h12,28-31,34-35H,1,13-27H2,2-11H3,(H,44,55)(H,45,54)(H2,46,47,57);7,20-24H,1,8-19,30H2,2-6H3,(H,31,37)(H,32,36);10H,6-8H2,1-5H3;1H/t28-,29-,30-,31+,34-,35-;20-,21-,22-,23-,24-;10-;/m001./s1. The van der Waals surface area contributed by atoms with Crippen molar-refractivity contribution in [2.45, 2.75) is 299 Å². The zero-order valence-electron chi connectivity index (χ0n) is 77.0. The summed E-state index contributed by atoms with van der Waals surface area (Å²) in [7, 11) is -11.0. The van der Waals surface area contributed by atoms with Crippen LogP contribution in [0.4, 0.5) is 4.79 Å². The number of nitrogens with zero attached hydrogens (tertiary/aromatic N) is 7. The third-order valence-corrected chi connectivity index (χ3v) is 33.5. The third kappa shape index (κ3) is 29.8. The summed E-state index contributed by atoms with van der Waals surface area (Å²) in [6.45, 7) is 47.4. The molecule has 0 bridgehead atoms. The minimum absolute atomic E-state index is 0. The average Bonchev–Trinajstić information content (AvgIpc) is 1.53. The van der Waals surface area contributed by atoms with Crippen molar-refractivity contribution in [1.82, 2.24) is 60.1 Å². The van der Waals surface area contributed by atoms with E-state index in [9.17, 15) is 79.2 Å². The Labute approximate surface area is 739 Å². The Balaban J connectivity index is 0.000000372. The smallest absolute Gasteiger partial charge is 0.315 e. The van der Waals surface area contributed by atoms with Crippen LogP contribution in [-0.4, -0.2) is 269 Å². The molecule has 0 spiro atoms. The van der Waals surface area contributed by atoms with Crippen LogP contribution in [0.3, 0.4) is 0 Å². The minimum atomic E-state index is -3.92. The van der Waals surface area contributed by atoms with Crippen molar-refractivity contribution in [3.05, 3.63) is 25.3 Å². The number of aliphatic imine (C=N–C) groups is 1. The lowest BCUT2D eigenvalue weighted by molar-refractivity contribution is -0.154. The molecule has 8 N–H and O–H groups in total. The molecule has 0 aromatic rings. The lowest BCUT2D eigenvalue weighted by atomic mass is 9.80. The van der Waals surface area contributed by atoms with Crippen LogP contribution in [0, 0.1) is 56.2 Å². The fourth-order valence-corrected chi connectivity index (χ4v) is 26.5. The number of rotatable bonds is 23. The van der Waals surface area contributed by atoms with Gasteiger partial charge in [-0.05, 0) is 93.9 Å². The number of hydrogen-bond donors (Lipinski definition) is 7. The Hall–Kier alpha value is -6.93. The number of isocyanates is 1. The molecule has 6 heterocycles.